The lowest BCUT2D eigenvalue weighted by molar-refractivity contribution is -0.147. The minimum Gasteiger partial charge on any atom is -0.467 e. The molecule has 2 heterocycles. The molecule has 0 aromatic heterocycles. The molecule has 1 fully saturated rings. The fraction of sp³-hybridized carbons (Fsp3) is 0.250. The molecule has 1 saturated heterocycles. The van der Waals surface area contributed by atoms with E-state index in [0.29, 0.717) is 17.1 Å². The van der Waals surface area contributed by atoms with Crippen LogP contribution in [-0.4, -0.2) is 36.9 Å². The summed E-state index contributed by atoms with van der Waals surface area (Å²) in [6.45, 7) is 2.02. The predicted molar refractivity (Wildman–Crippen MR) is 112 cm³/mol. The van der Waals surface area contributed by atoms with Crippen molar-refractivity contribution in [1.82, 2.24) is 4.90 Å². The number of amides is 1. The molecule has 3 atom stereocenters. The number of ether oxygens (including phenoxy) is 4. The van der Waals surface area contributed by atoms with Crippen molar-refractivity contribution in [2.75, 3.05) is 13.9 Å². The highest BCUT2D eigenvalue weighted by Crippen LogP contribution is 2.42. The van der Waals surface area contributed by atoms with E-state index < -0.39 is 30.3 Å². The van der Waals surface area contributed by atoms with Gasteiger partial charge in [-0.2, -0.15) is 0 Å². The maximum absolute atomic E-state index is 13.0. The summed E-state index contributed by atoms with van der Waals surface area (Å²) in [6, 6.07) is 17.8. The van der Waals surface area contributed by atoms with Gasteiger partial charge in [-0.1, -0.05) is 48.5 Å². The van der Waals surface area contributed by atoms with Crippen LogP contribution in [0, 0.1) is 0 Å². The molecule has 0 spiro atoms. The van der Waals surface area contributed by atoms with Crippen molar-refractivity contribution < 1.29 is 28.5 Å². The third-order valence-corrected chi connectivity index (χ3v) is 5.88. The van der Waals surface area contributed by atoms with Crippen LogP contribution in [0.3, 0.4) is 0 Å². The topological polar surface area (TPSA) is 74.3 Å². The van der Waals surface area contributed by atoms with E-state index in [4.69, 9.17) is 18.9 Å². The monoisotopic (exact) mass is 419 g/mol. The number of fused-ring (bicyclic) bond motifs is 2. The van der Waals surface area contributed by atoms with Crippen LogP contribution >= 0.6 is 0 Å². The van der Waals surface area contributed by atoms with Gasteiger partial charge in [0.05, 0.1) is 13.2 Å². The van der Waals surface area contributed by atoms with Gasteiger partial charge in [-0.15, -0.1) is 0 Å². The van der Waals surface area contributed by atoms with E-state index in [1.807, 2.05) is 49.4 Å². The van der Waals surface area contributed by atoms with Gasteiger partial charge >= 0.3 is 12.1 Å². The number of benzene rings is 3. The number of carbonyl (C=O) groups excluding carboxylic acids is 2. The van der Waals surface area contributed by atoms with Gasteiger partial charge in [0.2, 0.25) is 6.79 Å². The smallest absolute Gasteiger partial charge is 0.411 e. The van der Waals surface area contributed by atoms with Gasteiger partial charge in [0.25, 0.3) is 0 Å². The van der Waals surface area contributed by atoms with E-state index in [0.717, 1.165) is 16.3 Å². The first kappa shape index (κ1) is 19.2. The van der Waals surface area contributed by atoms with Crippen LogP contribution in [0.2, 0.25) is 0 Å². The van der Waals surface area contributed by atoms with Crippen molar-refractivity contribution in [3.05, 3.63) is 71.8 Å². The number of rotatable bonds is 4. The fourth-order valence-electron chi connectivity index (χ4n) is 4.36. The molecule has 0 bridgehead atoms. The van der Waals surface area contributed by atoms with Crippen molar-refractivity contribution in [2.24, 2.45) is 0 Å². The van der Waals surface area contributed by atoms with Gasteiger partial charge < -0.3 is 18.9 Å². The highest BCUT2D eigenvalue weighted by Gasteiger charge is 2.50. The first-order valence-electron chi connectivity index (χ1n) is 10.0. The molecule has 2 aliphatic rings. The number of nitrogens with zero attached hydrogens (tertiary/aromatic N) is 1. The molecule has 0 N–H and O–H groups in total. The summed E-state index contributed by atoms with van der Waals surface area (Å²) in [5.41, 5.74) is 1.57. The molecular formula is C24H21NO6. The van der Waals surface area contributed by atoms with Crippen molar-refractivity contribution in [2.45, 2.75) is 25.1 Å². The SMILES string of the molecule is COC(=O)C1C(c2ccc3c(c2)OCO3)OC(=O)N1[C@H](C)c1cccc2ccccc12. The highest BCUT2D eigenvalue weighted by atomic mass is 16.7. The zero-order valence-corrected chi connectivity index (χ0v) is 17.1. The van der Waals surface area contributed by atoms with Gasteiger partial charge in [-0.25, -0.2) is 9.59 Å². The summed E-state index contributed by atoms with van der Waals surface area (Å²) >= 11 is 0. The average molecular weight is 419 g/mol. The number of hydrogen-bond donors (Lipinski definition) is 0. The molecule has 0 aliphatic carbocycles. The zero-order valence-electron chi connectivity index (χ0n) is 17.1. The summed E-state index contributed by atoms with van der Waals surface area (Å²) in [7, 11) is 1.31. The maximum Gasteiger partial charge on any atom is 0.411 e. The van der Waals surface area contributed by atoms with Crippen molar-refractivity contribution >= 4 is 22.8 Å². The Morgan fingerprint density at radius 2 is 1.84 bits per heavy atom. The quantitative estimate of drug-likeness (QED) is 0.585. The lowest BCUT2D eigenvalue weighted by Gasteiger charge is -2.29. The molecule has 0 saturated carbocycles. The second-order valence-corrected chi connectivity index (χ2v) is 7.54. The molecule has 1 amide bonds. The second-order valence-electron chi connectivity index (χ2n) is 7.54. The van der Waals surface area contributed by atoms with Gasteiger partial charge in [0, 0.05) is 0 Å². The maximum atomic E-state index is 13.0. The van der Waals surface area contributed by atoms with Crippen molar-refractivity contribution in [1.29, 1.82) is 0 Å². The summed E-state index contributed by atoms with van der Waals surface area (Å²) in [6.07, 6.45) is -1.40. The third-order valence-electron chi connectivity index (χ3n) is 5.88. The van der Waals surface area contributed by atoms with Crippen LogP contribution in [0.15, 0.2) is 60.7 Å². The Kier molecular flexibility index (Phi) is 4.66. The Morgan fingerprint density at radius 1 is 1.06 bits per heavy atom. The summed E-state index contributed by atoms with van der Waals surface area (Å²) in [4.78, 5) is 27.3. The average Bonchev–Trinajstić information content (AvgIpc) is 3.41. The van der Waals surface area contributed by atoms with Crippen LogP contribution in [0.4, 0.5) is 4.79 Å². The summed E-state index contributed by atoms with van der Waals surface area (Å²) < 4.78 is 21.6. The van der Waals surface area contributed by atoms with E-state index in [9.17, 15) is 9.59 Å². The number of cyclic esters (lactones) is 1. The van der Waals surface area contributed by atoms with Gasteiger partial charge in [-0.05, 0) is 41.0 Å². The van der Waals surface area contributed by atoms with Crippen LogP contribution in [-0.2, 0) is 14.3 Å². The number of carbonyl (C=O) groups is 2. The van der Waals surface area contributed by atoms with Gasteiger partial charge in [0.1, 0.15) is 0 Å². The Hall–Kier alpha value is -3.74. The molecule has 31 heavy (non-hydrogen) atoms. The standard InChI is InChI=1S/C24H21NO6/c1-14(17-9-5-7-15-6-3-4-8-18(15)17)25-21(23(26)28-2)22(31-24(25)27)16-10-11-19-20(12-16)30-13-29-19/h3-12,14,21-22H,13H2,1-2H3/t14-,21?,22?/m1/s1. The first-order valence-corrected chi connectivity index (χ1v) is 10.0. The molecule has 5 rings (SSSR count). The molecule has 3 aromatic carbocycles. The Morgan fingerprint density at radius 3 is 2.68 bits per heavy atom. The number of esters is 1. The largest absolute Gasteiger partial charge is 0.467 e. The van der Waals surface area contributed by atoms with E-state index >= 15 is 0 Å². The molecular weight excluding hydrogens is 398 g/mol. The lowest BCUT2D eigenvalue weighted by Crippen LogP contribution is -2.42. The fourth-order valence-corrected chi connectivity index (χ4v) is 4.36. The molecule has 2 unspecified atom stereocenters. The zero-order chi connectivity index (χ0) is 21.5. The summed E-state index contributed by atoms with van der Waals surface area (Å²) in [5, 5.41) is 2.07. The van der Waals surface area contributed by atoms with Crippen LogP contribution in [0.1, 0.15) is 30.2 Å². The molecule has 7 nitrogen and oxygen atoms in total. The van der Waals surface area contributed by atoms with Crippen LogP contribution < -0.4 is 9.47 Å². The highest BCUT2D eigenvalue weighted by molar-refractivity contribution is 5.89. The third kappa shape index (κ3) is 3.13. The van der Waals surface area contributed by atoms with Crippen molar-refractivity contribution in [3.8, 4) is 11.5 Å². The molecule has 0 radical (unpaired) electrons. The second kappa shape index (κ2) is 7.50. The lowest BCUT2D eigenvalue weighted by atomic mass is 9.96. The van der Waals surface area contributed by atoms with Crippen LogP contribution in [0.25, 0.3) is 10.8 Å². The minimum absolute atomic E-state index is 0.133. The molecule has 3 aromatic rings. The number of methoxy groups -OCH3 is 1. The Bertz CT molecular complexity index is 1170. The van der Waals surface area contributed by atoms with E-state index in [2.05, 4.69) is 0 Å². The Balaban J connectivity index is 1.56. The minimum atomic E-state index is -0.938. The molecule has 7 heteroatoms. The van der Waals surface area contributed by atoms with Crippen molar-refractivity contribution in [3.63, 3.8) is 0 Å². The normalized spacial score (nSPS) is 20.6. The molecule has 158 valence electrons. The van der Waals surface area contributed by atoms with Gasteiger partial charge in [0.15, 0.2) is 23.6 Å². The van der Waals surface area contributed by atoms with Crippen LogP contribution in [0.5, 0.6) is 11.5 Å². The molecule has 2 aliphatic heterocycles. The van der Waals surface area contributed by atoms with Gasteiger partial charge in [-0.3, -0.25) is 4.90 Å². The van der Waals surface area contributed by atoms with E-state index in [-0.39, 0.29) is 6.79 Å². The summed E-state index contributed by atoms with van der Waals surface area (Å²) in [5.74, 6) is 0.627. The van der Waals surface area contributed by atoms with E-state index in [1.165, 1.54) is 12.0 Å². The Labute approximate surface area is 179 Å². The number of hydrogen-bond acceptors (Lipinski definition) is 6. The predicted octanol–water partition coefficient (Wildman–Crippen LogP) is 4.36. The first-order chi connectivity index (χ1) is 15.1. The van der Waals surface area contributed by atoms with E-state index in [1.54, 1.807) is 18.2 Å².